The minimum Gasteiger partial charge on any atom is -0.332 e. The summed E-state index contributed by atoms with van der Waals surface area (Å²) in [7, 11) is 0. The first kappa shape index (κ1) is 18.9. The van der Waals surface area contributed by atoms with Gasteiger partial charge in [-0.25, -0.2) is 4.98 Å². The Kier molecular flexibility index (Phi) is 5.68. The third-order valence-corrected chi connectivity index (χ3v) is 5.73. The molecule has 3 aromatic rings. The first-order valence-corrected chi connectivity index (χ1v) is 10.2. The van der Waals surface area contributed by atoms with E-state index in [-0.39, 0.29) is 17.7 Å². The fourth-order valence-corrected chi connectivity index (χ4v) is 4.12. The Labute approximate surface area is 172 Å². The number of thiazole rings is 1. The van der Waals surface area contributed by atoms with E-state index in [2.05, 4.69) is 32.3 Å². The van der Waals surface area contributed by atoms with Crippen LogP contribution in [-0.2, 0) is 4.79 Å². The van der Waals surface area contributed by atoms with Gasteiger partial charge in [-0.2, -0.15) is 5.10 Å². The lowest BCUT2D eigenvalue weighted by molar-refractivity contribution is -0.126. The number of likely N-dealkylation sites (tertiary alicyclic amines) is 1. The van der Waals surface area contributed by atoms with Gasteiger partial charge in [-0.3, -0.25) is 14.7 Å². The highest BCUT2D eigenvalue weighted by atomic mass is 32.1. The number of hydrogen-bond donors (Lipinski definition) is 2. The van der Waals surface area contributed by atoms with E-state index >= 15 is 0 Å². The van der Waals surface area contributed by atoms with Gasteiger partial charge in [-0.05, 0) is 25.0 Å². The third-order valence-electron chi connectivity index (χ3n) is 4.72. The topological polar surface area (TPSA) is 91.0 Å². The molecule has 8 heteroatoms. The summed E-state index contributed by atoms with van der Waals surface area (Å²) in [5.41, 5.74) is 1.23. The first-order valence-electron chi connectivity index (χ1n) is 9.31. The average Bonchev–Trinajstić information content (AvgIpc) is 3.45. The molecule has 1 aromatic carbocycles. The smallest absolute Gasteiger partial charge is 0.298 e. The number of H-pyrrole nitrogens is 1. The molecule has 2 amide bonds. The lowest BCUT2D eigenvalue weighted by Gasteiger charge is -2.29. The summed E-state index contributed by atoms with van der Waals surface area (Å²) in [6.07, 6.45) is 3.20. The van der Waals surface area contributed by atoms with Crippen molar-refractivity contribution < 1.29 is 9.59 Å². The largest absolute Gasteiger partial charge is 0.332 e. The number of carbonyl (C=O) groups excluding carboxylic acids is 2. The van der Waals surface area contributed by atoms with Crippen LogP contribution >= 0.6 is 11.3 Å². The highest BCUT2D eigenvalue weighted by Crippen LogP contribution is 2.30. The zero-order chi connectivity index (χ0) is 20.1. The summed E-state index contributed by atoms with van der Waals surface area (Å²) < 4.78 is 0. The molecule has 0 atom stereocenters. The van der Waals surface area contributed by atoms with Crippen molar-refractivity contribution in [2.45, 2.75) is 18.8 Å². The zero-order valence-electron chi connectivity index (χ0n) is 15.6. The lowest BCUT2D eigenvalue weighted by Crippen LogP contribution is -2.37. The Morgan fingerprint density at radius 2 is 1.97 bits per heavy atom. The lowest BCUT2D eigenvalue weighted by atomic mass is 9.97. The number of carbonyl (C=O) groups is 2. The molecular weight excluding hydrogens is 386 g/mol. The molecule has 2 N–H and O–H groups in total. The van der Waals surface area contributed by atoms with Crippen LogP contribution in [0.2, 0.25) is 0 Å². The van der Waals surface area contributed by atoms with Crippen LogP contribution < -0.4 is 5.32 Å². The van der Waals surface area contributed by atoms with Crippen LogP contribution in [0.5, 0.6) is 0 Å². The standard InChI is InChI=1S/C21H19N5O2S/c27-19(7-6-15-4-2-1-3-5-15)26-12-9-16(10-13-26)21-23-17(14-29-21)20(28)24-18-8-11-22-25-18/h1-5,8,11,14,16H,9-10,12-13H2,(H2,22,24,25,28). The van der Waals surface area contributed by atoms with Gasteiger partial charge in [0.15, 0.2) is 0 Å². The Hall–Kier alpha value is -3.44. The van der Waals surface area contributed by atoms with Gasteiger partial charge in [0.25, 0.3) is 11.8 Å². The zero-order valence-corrected chi connectivity index (χ0v) is 16.4. The van der Waals surface area contributed by atoms with Crippen molar-refractivity contribution in [3.8, 4) is 11.8 Å². The number of benzene rings is 1. The highest BCUT2D eigenvalue weighted by molar-refractivity contribution is 7.10. The molecule has 29 heavy (non-hydrogen) atoms. The molecule has 4 rings (SSSR count). The Bertz CT molecular complexity index is 1040. The van der Waals surface area contributed by atoms with Crippen LogP contribution in [-0.4, -0.2) is 45.0 Å². The summed E-state index contributed by atoms with van der Waals surface area (Å²) in [5.74, 6) is 6.02. The van der Waals surface area contributed by atoms with Crippen molar-refractivity contribution in [3.63, 3.8) is 0 Å². The van der Waals surface area contributed by atoms with Gasteiger partial charge >= 0.3 is 0 Å². The molecule has 0 spiro atoms. The second-order valence-corrected chi connectivity index (χ2v) is 7.57. The summed E-state index contributed by atoms with van der Waals surface area (Å²) in [6, 6.07) is 11.2. The van der Waals surface area contributed by atoms with Crippen molar-refractivity contribution in [2.75, 3.05) is 18.4 Å². The van der Waals surface area contributed by atoms with Gasteiger partial charge in [-0.15, -0.1) is 11.3 Å². The van der Waals surface area contributed by atoms with Gasteiger partial charge in [0.05, 0.1) is 11.2 Å². The molecule has 1 aliphatic rings. The molecule has 7 nitrogen and oxygen atoms in total. The molecule has 0 saturated carbocycles. The third kappa shape index (κ3) is 4.70. The van der Waals surface area contributed by atoms with Gasteiger partial charge in [0, 0.05) is 41.9 Å². The predicted molar refractivity (Wildman–Crippen MR) is 111 cm³/mol. The van der Waals surface area contributed by atoms with E-state index in [0.29, 0.717) is 24.6 Å². The van der Waals surface area contributed by atoms with Crippen LogP contribution in [0.3, 0.4) is 0 Å². The van der Waals surface area contributed by atoms with Crippen LogP contribution in [0.1, 0.15) is 39.8 Å². The molecule has 0 radical (unpaired) electrons. The number of hydrogen-bond acceptors (Lipinski definition) is 5. The fourth-order valence-electron chi connectivity index (χ4n) is 3.15. The summed E-state index contributed by atoms with van der Waals surface area (Å²) in [5, 5.41) is 11.9. The van der Waals surface area contributed by atoms with Crippen LogP contribution in [0.4, 0.5) is 5.82 Å². The molecule has 1 aliphatic heterocycles. The minimum absolute atomic E-state index is 0.147. The molecular formula is C21H19N5O2S. The molecule has 146 valence electrons. The maximum atomic E-state index is 12.3. The minimum atomic E-state index is -0.263. The Balaban J connectivity index is 1.32. The molecule has 3 heterocycles. The van der Waals surface area contributed by atoms with Gasteiger partial charge in [-0.1, -0.05) is 24.1 Å². The van der Waals surface area contributed by atoms with E-state index in [1.54, 1.807) is 22.5 Å². The number of piperidine rings is 1. The van der Waals surface area contributed by atoms with Crippen molar-refractivity contribution in [3.05, 3.63) is 64.2 Å². The molecule has 1 fully saturated rings. The number of aromatic nitrogens is 3. The average molecular weight is 405 g/mol. The molecule has 2 aromatic heterocycles. The monoisotopic (exact) mass is 405 g/mol. The van der Waals surface area contributed by atoms with Crippen molar-refractivity contribution in [1.82, 2.24) is 20.1 Å². The summed E-state index contributed by atoms with van der Waals surface area (Å²) in [4.78, 5) is 30.9. The number of aromatic amines is 1. The van der Waals surface area contributed by atoms with Crippen molar-refractivity contribution >= 4 is 29.0 Å². The number of amides is 2. The number of nitrogens with one attached hydrogen (secondary N) is 2. The maximum Gasteiger partial charge on any atom is 0.298 e. The second kappa shape index (κ2) is 8.71. The van der Waals surface area contributed by atoms with Crippen molar-refractivity contribution in [1.29, 1.82) is 0 Å². The van der Waals surface area contributed by atoms with E-state index in [0.717, 1.165) is 23.4 Å². The van der Waals surface area contributed by atoms with Gasteiger partial charge in [0.1, 0.15) is 11.5 Å². The molecule has 1 saturated heterocycles. The predicted octanol–water partition coefficient (Wildman–Crippen LogP) is 2.88. The van der Waals surface area contributed by atoms with E-state index in [9.17, 15) is 9.59 Å². The molecule has 0 bridgehead atoms. The summed E-state index contributed by atoms with van der Waals surface area (Å²) >= 11 is 1.48. The molecule has 0 aliphatic carbocycles. The summed E-state index contributed by atoms with van der Waals surface area (Å²) in [6.45, 7) is 1.28. The first-order chi connectivity index (χ1) is 14.2. The van der Waals surface area contributed by atoms with Crippen LogP contribution in [0, 0.1) is 11.8 Å². The highest BCUT2D eigenvalue weighted by Gasteiger charge is 2.25. The fraction of sp³-hybridized carbons (Fsp3) is 0.238. The van der Waals surface area contributed by atoms with E-state index in [4.69, 9.17) is 0 Å². The van der Waals surface area contributed by atoms with Crippen LogP contribution in [0.25, 0.3) is 0 Å². The SMILES string of the molecule is O=C(Nc1ccn[nH]1)c1csc(C2CCN(C(=O)C#Cc3ccccc3)CC2)n1. The number of rotatable bonds is 3. The van der Waals surface area contributed by atoms with E-state index in [1.807, 2.05) is 30.3 Å². The quantitative estimate of drug-likeness (QED) is 0.656. The second-order valence-electron chi connectivity index (χ2n) is 6.68. The normalized spacial score (nSPS) is 14.1. The molecule has 0 unspecified atom stereocenters. The maximum absolute atomic E-state index is 12.3. The van der Waals surface area contributed by atoms with Gasteiger partial charge < -0.3 is 10.2 Å². The number of nitrogens with zero attached hydrogens (tertiary/aromatic N) is 3. The van der Waals surface area contributed by atoms with Crippen LogP contribution in [0.15, 0.2) is 48.0 Å². The number of anilines is 1. The van der Waals surface area contributed by atoms with Crippen molar-refractivity contribution in [2.24, 2.45) is 0 Å². The van der Waals surface area contributed by atoms with E-state index < -0.39 is 0 Å². The van der Waals surface area contributed by atoms with E-state index in [1.165, 1.54) is 11.3 Å². The van der Waals surface area contributed by atoms with Gasteiger partial charge in [0.2, 0.25) is 0 Å². The Morgan fingerprint density at radius 3 is 2.69 bits per heavy atom. The Morgan fingerprint density at radius 1 is 1.17 bits per heavy atom.